The van der Waals surface area contributed by atoms with Crippen molar-refractivity contribution in [2.75, 3.05) is 0 Å². The zero-order valence-corrected chi connectivity index (χ0v) is 13.4. The molecule has 0 aromatic heterocycles. The van der Waals surface area contributed by atoms with Gasteiger partial charge in [0.05, 0.1) is 11.4 Å². The smallest absolute Gasteiger partial charge is 0.238 e. The van der Waals surface area contributed by atoms with E-state index in [1.165, 1.54) is 0 Å². The number of thioether (sulfide) groups is 1. The summed E-state index contributed by atoms with van der Waals surface area (Å²) >= 11 is 13.7. The third-order valence-corrected chi connectivity index (χ3v) is 4.64. The quantitative estimate of drug-likeness (QED) is 0.376. The summed E-state index contributed by atoms with van der Waals surface area (Å²) in [5.74, 6) is 5.64. The molecule has 0 aliphatic carbocycles. The van der Waals surface area contributed by atoms with E-state index in [2.05, 4.69) is 5.43 Å². The lowest BCUT2D eigenvalue weighted by atomic mass is 10.1. The topological polar surface area (TPSA) is 55.1 Å². The van der Waals surface area contributed by atoms with E-state index < -0.39 is 0 Å². The molecule has 0 spiro atoms. The molecule has 0 fully saturated rings. The Morgan fingerprint density at radius 3 is 2.43 bits per heavy atom. The van der Waals surface area contributed by atoms with Crippen LogP contribution < -0.4 is 11.3 Å². The van der Waals surface area contributed by atoms with Crippen LogP contribution in [0.4, 0.5) is 0 Å². The number of hydrogen-bond donors (Lipinski definition) is 2. The lowest BCUT2D eigenvalue weighted by Crippen LogP contribution is -2.31. The summed E-state index contributed by atoms with van der Waals surface area (Å²) in [5.41, 5.74) is 4.19. The Balaban J connectivity index is 1.97. The number of hydrazine groups is 1. The summed E-state index contributed by atoms with van der Waals surface area (Å²) in [4.78, 5) is 12.1. The maximum absolute atomic E-state index is 11.2. The molecule has 2 rings (SSSR count). The minimum atomic E-state index is -0.206. The Morgan fingerprint density at radius 1 is 1.10 bits per heavy atom. The van der Waals surface area contributed by atoms with E-state index in [4.69, 9.17) is 29.0 Å². The highest BCUT2D eigenvalue weighted by atomic mass is 35.5. The maximum Gasteiger partial charge on any atom is 0.238 e. The highest BCUT2D eigenvalue weighted by Gasteiger charge is 2.04. The van der Waals surface area contributed by atoms with Gasteiger partial charge in [-0.1, -0.05) is 47.5 Å². The fourth-order valence-electron chi connectivity index (χ4n) is 1.74. The van der Waals surface area contributed by atoms with Gasteiger partial charge in [0.2, 0.25) is 5.91 Å². The summed E-state index contributed by atoms with van der Waals surface area (Å²) in [6.45, 7) is 0. The highest BCUT2D eigenvalue weighted by Crippen LogP contribution is 2.32. The van der Waals surface area contributed by atoms with E-state index in [0.29, 0.717) is 10.0 Å². The molecular formula is C15H14Cl2N2OS. The molecule has 2 aromatic rings. The predicted molar refractivity (Wildman–Crippen MR) is 88.5 cm³/mol. The summed E-state index contributed by atoms with van der Waals surface area (Å²) in [5, 5.41) is 1.37. The van der Waals surface area contributed by atoms with Crippen LogP contribution >= 0.6 is 35.0 Å². The van der Waals surface area contributed by atoms with Gasteiger partial charge in [-0.05, 0) is 29.3 Å². The fourth-order valence-corrected chi connectivity index (χ4v) is 3.19. The number of benzene rings is 2. The zero-order valence-electron chi connectivity index (χ0n) is 11.1. The molecule has 110 valence electrons. The van der Waals surface area contributed by atoms with Crippen LogP contribution in [0.15, 0.2) is 47.4 Å². The average Bonchev–Trinajstić information content (AvgIpc) is 2.49. The van der Waals surface area contributed by atoms with Crippen LogP contribution in [0.2, 0.25) is 10.0 Å². The van der Waals surface area contributed by atoms with Crippen molar-refractivity contribution in [3.8, 4) is 0 Å². The number of hydrogen-bond acceptors (Lipinski definition) is 3. The van der Waals surface area contributed by atoms with Gasteiger partial charge in [-0.25, -0.2) is 5.84 Å². The van der Waals surface area contributed by atoms with Crippen LogP contribution in [0, 0.1) is 0 Å². The molecule has 0 heterocycles. The Morgan fingerprint density at radius 2 is 1.76 bits per heavy atom. The Labute approximate surface area is 137 Å². The molecule has 0 aliphatic heterocycles. The lowest BCUT2D eigenvalue weighted by Gasteiger charge is -2.06. The molecule has 0 saturated carbocycles. The van der Waals surface area contributed by atoms with E-state index in [9.17, 15) is 4.79 Å². The predicted octanol–water partition coefficient (Wildman–Crippen LogP) is 3.82. The number of nitrogens with one attached hydrogen (secondary N) is 1. The van der Waals surface area contributed by atoms with Gasteiger partial charge in [-0.2, -0.15) is 0 Å². The molecule has 0 bridgehead atoms. The van der Waals surface area contributed by atoms with Crippen LogP contribution in [0.5, 0.6) is 0 Å². The van der Waals surface area contributed by atoms with Crippen molar-refractivity contribution in [3.63, 3.8) is 0 Å². The van der Waals surface area contributed by atoms with Crippen molar-refractivity contribution in [2.45, 2.75) is 17.1 Å². The third-order valence-electron chi connectivity index (χ3n) is 2.84. The Hall–Kier alpha value is -1.20. The van der Waals surface area contributed by atoms with E-state index in [1.54, 1.807) is 23.9 Å². The van der Waals surface area contributed by atoms with Crippen LogP contribution in [-0.4, -0.2) is 5.91 Å². The molecular weight excluding hydrogens is 327 g/mol. The third kappa shape index (κ3) is 4.93. The molecule has 3 nitrogen and oxygen atoms in total. The molecule has 0 unspecified atom stereocenters. The molecule has 3 N–H and O–H groups in total. The Kier molecular flexibility index (Phi) is 5.94. The van der Waals surface area contributed by atoms with Crippen molar-refractivity contribution in [1.29, 1.82) is 0 Å². The number of carbonyl (C=O) groups is 1. The second-order valence-corrected chi connectivity index (χ2v) is 6.29. The van der Waals surface area contributed by atoms with Gasteiger partial charge in [-0.3, -0.25) is 10.2 Å². The van der Waals surface area contributed by atoms with E-state index in [0.717, 1.165) is 21.8 Å². The van der Waals surface area contributed by atoms with E-state index >= 15 is 0 Å². The van der Waals surface area contributed by atoms with Crippen molar-refractivity contribution >= 4 is 40.9 Å². The molecule has 21 heavy (non-hydrogen) atoms. The molecule has 0 atom stereocenters. The summed E-state index contributed by atoms with van der Waals surface area (Å²) in [6, 6.07) is 13.2. The minimum absolute atomic E-state index is 0.206. The van der Waals surface area contributed by atoms with E-state index in [1.807, 2.05) is 30.3 Å². The number of rotatable bonds is 5. The number of amides is 1. The summed E-state index contributed by atoms with van der Waals surface area (Å²) in [6.07, 6.45) is 0.282. The first-order valence-corrected chi connectivity index (χ1v) is 7.98. The fraction of sp³-hybridized carbons (Fsp3) is 0.133. The monoisotopic (exact) mass is 340 g/mol. The van der Waals surface area contributed by atoms with Crippen molar-refractivity contribution in [3.05, 3.63) is 63.6 Å². The van der Waals surface area contributed by atoms with Gasteiger partial charge in [0.25, 0.3) is 0 Å². The first kappa shape index (κ1) is 16.2. The van der Waals surface area contributed by atoms with Gasteiger partial charge in [-0.15, -0.1) is 11.8 Å². The van der Waals surface area contributed by atoms with Crippen LogP contribution in [0.1, 0.15) is 11.1 Å². The van der Waals surface area contributed by atoms with Gasteiger partial charge >= 0.3 is 0 Å². The standard InChI is InChI=1S/C15H14Cl2N2OS/c16-12-5-6-13(17)14(8-12)21-9-11-3-1-10(2-4-11)7-15(20)19-18/h1-6,8H,7,9,18H2,(H,19,20). The number of carbonyl (C=O) groups excluding carboxylic acids is 1. The SMILES string of the molecule is NNC(=O)Cc1ccc(CSc2cc(Cl)ccc2Cl)cc1. The van der Waals surface area contributed by atoms with Crippen LogP contribution in [0.3, 0.4) is 0 Å². The number of nitrogens with two attached hydrogens (primary N) is 1. The van der Waals surface area contributed by atoms with Crippen molar-refractivity contribution in [1.82, 2.24) is 5.43 Å². The largest absolute Gasteiger partial charge is 0.294 e. The summed E-state index contributed by atoms with van der Waals surface area (Å²) < 4.78 is 0. The normalized spacial score (nSPS) is 10.4. The van der Waals surface area contributed by atoms with Gasteiger partial charge < -0.3 is 0 Å². The molecule has 0 radical (unpaired) electrons. The highest BCUT2D eigenvalue weighted by molar-refractivity contribution is 7.98. The lowest BCUT2D eigenvalue weighted by molar-refractivity contribution is -0.120. The first-order valence-electron chi connectivity index (χ1n) is 6.23. The second kappa shape index (κ2) is 7.71. The average molecular weight is 341 g/mol. The van der Waals surface area contributed by atoms with Crippen molar-refractivity contribution in [2.24, 2.45) is 5.84 Å². The Bertz CT molecular complexity index is 632. The minimum Gasteiger partial charge on any atom is -0.294 e. The van der Waals surface area contributed by atoms with Gasteiger partial charge in [0, 0.05) is 15.7 Å². The van der Waals surface area contributed by atoms with E-state index in [-0.39, 0.29) is 12.3 Å². The maximum atomic E-state index is 11.2. The molecule has 0 aliphatic rings. The molecule has 1 amide bonds. The molecule has 0 saturated heterocycles. The number of halogens is 2. The van der Waals surface area contributed by atoms with Crippen LogP contribution in [0.25, 0.3) is 0 Å². The molecule has 2 aromatic carbocycles. The van der Waals surface area contributed by atoms with Gasteiger partial charge in [0.1, 0.15) is 0 Å². The van der Waals surface area contributed by atoms with Gasteiger partial charge in [0.15, 0.2) is 0 Å². The second-order valence-electron chi connectivity index (χ2n) is 4.42. The van der Waals surface area contributed by atoms with Crippen LogP contribution in [-0.2, 0) is 17.0 Å². The van der Waals surface area contributed by atoms with Crippen molar-refractivity contribution < 1.29 is 4.79 Å². The first-order chi connectivity index (χ1) is 10.1. The zero-order chi connectivity index (χ0) is 15.2. The summed E-state index contributed by atoms with van der Waals surface area (Å²) in [7, 11) is 0. The molecule has 6 heteroatoms.